The zero-order chi connectivity index (χ0) is 13.5. The molecule has 0 radical (unpaired) electrons. The summed E-state index contributed by atoms with van der Waals surface area (Å²) in [4.78, 5) is 4.92. The predicted octanol–water partition coefficient (Wildman–Crippen LogP) is -0.247. The highest BCUT2D eigenvalue weighted by Crippen LogP contribution is 2.10. The number of piperazine rings is 1. The molecule has 2 aliphatic rings. The Labute approximate surface area is 116 Å². The fraction of sp³-hybridized carbons (Fsp3) is 1.00. The minimum atomic E-state index is -0.339. The van der Waals surface area contributed by atoms with E-state index in [1.165, 1.54) is 0 Å². The minimum absolute atomic E-state index is 0.339. The van der Waals surface area contributed by atoms with Crippen molar-refractivity contribution in [1.29, 1.82) is 0 Å². The maximum absolute atomic E-state index is 9.94. The first-order valence-electron chi connectivity index (χ1n) is 7.72. The van der Waals surface area contributed by atoms with E-state index in [-0.39, 0.29) is 6.10 Å². The van der Waals surface area contributed by atoms with Crippen molar-refractivity contribution in [2.75, 3.05) is 59.0 Å². The second kappa shape index (κ2) is 8.17. The molecular formula is C14H29N3O2. The van der Waals surface area contributed by atoms with Gasteiger partial charge in [0, 0.05) is 58.5 Å². The lowest BCUT2D eigenvalue weighted by atomic mass is 10.1. The standard InChI is InChI=1S/C14H29N3O2/c1-2-3-8-19-12-14(18)11-16-4-6-17(7-5-16)13-9-15-10-13/h13-15,18H,2-12H2,1H3. The first-order valence-corrected chi connectivity index (χ1v) is 7.72. The fourth-order valence-corrected chi connectivity index (χ4v) is 2.66. The number of rotatable bonds is 8. The molecule has 112 valence electrons. The Morgan fingerprint density at radius 1 is 1.26 bits per heavy atom. The second-order valence-corrected chi connectivity index (χ2v) is 5.73. The highest BCUT2D eigenvalue weighted by Gasteiger charge is 2.28. The monoisotopic (exact) mass is 271 g/mol. The van der Waals surface area contributed by atoms with E-state index < -0.39 is 0 Å². The zero-order valence-corrected chi connectivity index (χ0v) is 12.2. The fourth-order valence-electron chi connectivity index (χ4n) is 2.66. The Bertz CT molecular complexity index is 241. The van der Waals surface area contributed by atoms with Crippen molar-refractivity contribution in [3.05, 3.63) is 0 Å². The van der Waals surface area contributed by atoms with Gasteiger partial charge in [-0.15, -0.1) is 0 Å². The summed E-state index contributed by atoms with van der Waals surface area (Å²) < 4.78 is 5.47. The predicted molar refractivity (Wildman–Crippen MR) is 76.4 cm³/mol. The van der Waals surface area contributed by atoms with Crippen LogP contribution >= 0.6 is 0 Å². The van der Waals surface area contributed by atoms with Crippen LogP contribution in [-0.4, -0.2) is 86.1 Å². The number of ether oxygens (including phenoxy) is 1. The number of hydrogen-bond donors (Lipinski definition) is 2. The summed E-state index contributed by atoms with van der Waals surface area (Å²) in [6, 6.07) is 0.754. The van der Waals surface area contributed by atoms with Gasteiger partial charge in [0.1, 0.15) is 0 Å². The number of nitrogens with zero attached hydrogens (tertiary/aromatic N) is 2. The summed E-state index contributed by atoms with van der Waals surface area (Å²) in [5, 5.41) is 13.3. The van der Waals surface area contributed by atoms with E-state index in [4.69, 9.17) is 4.74 Å². The van der Waals surface area contributed by atoms with Gasteiger partial charge in [0.2, 0.25) is 0 Å². The third-order valence-corrected chi connectivity index (χ3v) is 4.10. The number of hydrogen-bond acceptors (Lipinski definition) is 5. The van der Waals surface area contributed by atoms with Crippen molar-refractivity contribution in [3.8, 4) is 0 Å². The molecule has 0 aromatic heterocycles. The van der Waals surface area contributed by atoms with E-state index in [1.807, 2.05) is 0 Å². The summed E-state index contributed by atoms with van der Waals surface area (Å²) in [5.41, 5.74) is 0. The van der Waals surface area contributed by atoms with Gasteiger partial charge in [0.05, 0.1) is 12.7 Å². The van der Waals surface area contributed by atoms with Gasteiger partial charge in [-0.05, 0) is 6.42 Å². The van der Waals surface area contributed by atoms with Crippen molar-refractivity contribution in [2.45, 2.75) is 31.9 Å². The minimum Gasteiger partial charge on any atom is -0.389 e. The molecule has 2 saturated heterocycles. The number of unbranched alkanes of at least 4 members (excludes halogenated alkanes) is 1. The molecule has 5 nitrogen and oxygen atoms in total. The summed E-state index contributed by atoms with van der Waals surface area (Å²) in [5.74, 6) is 0. The van der Waals surface area contributed by atoms with Crippen molar-refractivity contribution >= 4 is 0 Å². The highest BCUT2D eigenvalue weighted by molar-refractivity contribution is 4.87. The second-order valence-electron chi connectivity index (χ2n) is 5.73. The van der Waals surface area contributed by atoms with Gasteiger partial charge in [0.25, 0.3) is 0 Å². The maximum Gasteiger partial charge on any atom is 0.0900 e. The SMILES string of the molecule is CCCCOCC(O)CN1CCN(C2CNC2)CC1. The molecule has 0 saturated carbocycles. The highest BCUT2D eigenvalue weighted by atomic mass is 16.5. The average molecular weight is 271 g/mol. The van der Waals surface area contributed by atoms with Gasteiger partial charge >= 0.3 is 0 Å². The van der Waals surface area contributed by atoms with Crippen LogP contribution in [0.2, 0.25) is 0 Å². The first-order chi connectivity index (χ1) is 9.29. The first kappa shape index (κ1) is 15.2. The molecule has 0 aromatic rings. The van der Waals surface area contributed by atoms with Crippen molar-refractivity contribution < 1.29 is 9.84 Å². The molecule has 2 rings (SSSR count). The Morgan fingerprint density at radius 2 is 2.00 bits per heavy atom. The molecule has 0 bridgehead atoms. The quantitative estimate of drug-likeness (QED) is 0.596. The molecule has 0 aliphatic carbocycles. The van der Waals surface area contributed by atoms with E-state index in [0.717, 1.165) is 71.3 Å². The van der Waals surface area contributed by atoms with Crippen LogP contribution in [0, 0.1) is 0 Å². The molecule has 0 aromatic carbocycles. The van der Waals surface area contributed by atoms with Gasteiger partial charge in [0.15, 0.2) is 0 Å². The molecule has 1 atom stereocenters. The molecule has 19 heavy (non-hydrogen) atoms. The van der Waals surface area contributed by atoms with Crippen LogP contribution in [-0.2, 0) is 4.74 Å². The van der Waals surface area contributed by atoms with E-state index in [0.29, 0.717) is 6.61 Å². The molecule has 0 amide bonds. The summed E-state index contributed by atoms with van der Waals surface area (Å²) in [6.07, 6.45) is 1.89. The summed E-state index contributed by atoms with van der Waals surface area (Å²) in [6.45, 7) is 10.9. The number of aliphatic hydroxyl groups is 1. The van der Waals surface area contributed by atoms with Crippen LogP contribution in [0.1, 0.15) is 19.8 Å². The van der Waals surface area contributed by atoms with Gasteiger partial charge in [-0.25, -0.2) is 0 Å². The third kappa shape index (κ3) is 5.00. The molecular weight excluding hydrogens is 242 g/mol. The summed E-state index contributed by atoms with van der Waals surface area (Å²) in [7, 11) is 0. The Morgan fingerprint density at radius 3 is 2.58 bits per heavy atom. The molecule has 5 heteroatoms. The largest absolute Gasteiger partial charge is 0.389 e. The molecule has 2 fully saturated rings. The van der Waals surface area contributed by atoms with Crippen LogP contribution in [0.25, 0.3) is 0 Å². The van der Waals surface area contributed by atoms with Gasteiger partial charge in [-0.1, -0.05) is 13.3 Å². The van der Waals surface area contributed by atoms with E-state index in [1.54, 1.807) is 0 Å². The van der Waals surface area contributed by atoms with Crippen LogP contribution < -0.4 is 5.32 Å². The lowest BCUT2D eigenvalue weighted by Crippen LogP contribution is -2.62. The van der Waals surface area contributed by atoms with E-state index in [2.05, 4.69) is 22.0 Å². The van der Waals surface area contributed by atoms with Crippen molar-refractivity contribution in [1.82, 2.24) is 15.1 Å². The Balaban J connectivity index is 1.54. The lowest BCUT2D eigenvalue weighted by Gasteiger charge is -2.43. The van der Waals surface area contributed by atoms with Crippen molar-refractivity contribution in [2.24, 2.45) is 0 Å². The topological polar surface area (TPSA) is 48.0 Å². The molecule has 2 N–H and O–H groups in total. The van der Waals surface area contributed by atoms with Crippen molar-refractivity contribution in [3.63, 3.8) is 0 Å². The Kier molecular flexibility index (Phi) is 6.53. The smallest absolute Gasteiger partial charge is 0.0900 e. The molecule has 1 unspecified atom stereocenters. The van der Waals surface area contributed by atoms with Gasteiger partial charge in [-0.3, -0.25) is 9.80 Å². The van der Waals surface area contributed by atoms with E-state index in [9.17, 15) is 5.11 Å². The summed E-state index contributed by atoms with van der Waals surface area (Å²) >= 11 is 0. The van der Waals surface area contributed by atoms with E-state index >= 15 is 0 Å². The Hall–Kier alpha value is -0.200. The lowest BCUT2D eigenvalue weighted by molar-refractivity contribution is -0.000163. The van der Waals surface area contributed by atoms with Gasteiger partial charge < -0.3 is 15.2 Å². The number of nitrogens with one attached hydrogen (secondary N) is 1. The molecule has 2 aliphatic heterocycles. The third-order valence-electron chi connectivity index (χ3n) is 4.10. The van der Waals surface area contributed by atoms with Crippen LogP contribution in [0.4, 0.5) is 0 Å². The van der Waals surface area contributed by atoms with Gasteiger partial charge in [-0.2, -0.15) is 0 Å². The van der Waals surface area contributed by atoms with Crippen LogP contribution in [0.3, 0.4) is 0 Å². The van der Waals surface area contributed by atoms with Crippen LogP contribution in [0.15, 0.2) is 0 Å². The molecule has 0 spiro atoms. The number of β-amino-alcohol motifs (C(OH)–C–C–N with tert-alkyl or cyclic N) is 1. The zero-order valence-electron chi connectivity index (χ0n) is 12.2. The maximum atomic E-state index is 9.94. The average Bonchev–Trinajstić information content (AvgIpc) is 2.35. The normalized spacial score (nSPS) is 24.3. The van der Waals surface area contributed by atoms with Crippen LogP contribution in [0.5, 0.6) is 0 Å². The number of aliphatic hydroxyl groups excluding tert-OH is 1. The molecule has 2 heterocycles.